The van der Waals surface area contributed by atoms with E-state index in [1.807, 2.05) is 30.3 Å². The van der Waals surface area contributed by atoms with Gasteiger partial charge in [-0.25, -0.2) is 0 Å². The molecule has 41 heavy (non-hydrogen) atoms. The van der Waals surface area contributed by atoms with Crippen molar-refractivity contribution in [3.63, 3.8) is 0 Å². The number of aldehydes is 1. The van der Waals surface area contributed by atoms with Gasteiger partial charge in [0.2, 0.25) is 0 Å². The average Bonchev–Trinajstić information content (AvgIpc) is 3.04. The lowest BCUT2D eigenvalue weighted by molar-refractivity contribution is -0.150. The van der Waals surface area contributed by atoms with E-state index in [4.69, 9.17) is 4.74 Å². The molecule has 0 aliphatic heterocycles. The quantitative estimate of drug-likeness (QED) is 0.259. The minimum Gasteiger partial charge on any atom is -0.462 e. The summed E-state index contributed by atoms with van der Waals surface area (Å²) in [5.41, 5.74) is 1.49. The van der Waals surface area contributed by atoms with Crippen LogP contribution >= 0.6 is 0 Å². The first-order valence-corrected chi connectivity index (χ1v) is 15.7. The number of carbonyl (C=O) groups excluding carboxylic acids is 3. The normalized spacial score (nSPS) is 40.7. The molecular formula is C35H50N2O4. The molecule has 10 unspecified atom stereocenters. The number of carbonyl (C=O) groups is 3. The van der Waals surface area contributed by atoms with Gasteiger partial charge >= 0.3 is 5.97 Å². The minimum absolute atomic E-state index is 0.0392. The second-order valence-electron chi connectivity index (χ2n) is 14.5. The zero-order chi connectivity index (χ0) is 29.7. The van der Waals surface area contributed by atoms with Gasteiger partial charge in [0, 0.05) is 30.5 Å². The van der Waals surface area contributed by atoms with E-state index in [9.17, 15) is 14.4 Å². The SMILES string of the molecule is CC(=O)OC1CC2(C)C3CCC4C(=CCC(NC(=O)c5ccccc5)C4(C)C=O)CC3CCC2(C)C1C(C)N(C)C. The first kappa shape index (κ1) is 30.0. The third-order valence-corrected chi connectivity index (χ3v) is 12.6. The van der Waals surface area contributed by atoms with Gasteiger partial charge in [0.05, 0.1) is 5.41 Å². The maximum atomic E-state index is 13.1. The highest BCUT2D eigenvalue weighted by Crippen LogP contribution is 2.70. The highest BCUT2D eigenvalue weighted by atomic mass is 16.5. The third kappa shape index (κ3) is 4.88. The van der Waals surface area contributed by atoms with Crippen LogP contribution in [-0.2, 0) is 14.3 Å². The van der Waals surface area contributed by atoms with Crippen LogP contribution in [0.3, 0.4) is 0 Å². The zero-order valence-corrected chi connectivity index (χ0v) is 26.1. The van der Waals surface area contributed by atoms with E-state index in [1.165, 1.54) is 5.57 Å². The Kier molecular flexibility index (Phi) is 8.04. The molecule has 0 spiro atoms. The Morgan fingerprint density at radius 3 is 2.41 bits per heavy atom. The predicted molar refractivity (Wildman–Crippen MR) is 161 cm³/mol. The van der Waals surface area contributed by atoms with Crippen molar-refractivity contribution in [2.45, 2.75) is 97.8 Å². The summed E-state index contributed by atoms with van der Waals surface area (Å²) in [6, 6.07) is 9.35. The number of amides is 1. The van der Waals surface area contributed by atoms with Gasteiger partial charge in [0.1, 0.15) is 12.4 Å². The zero-order valence-electron chi connectivity index (χ0n) is 26.1. The molecule has 3 fully saturated rings. The summed E-state index contributed by atoms with van der Waals surface area (Å²) >= 11 is 0. The van der Waals surface area contributed by atoms with Gasteiger partial charge < -0.3 is 19.7 Å². The van der Waals surface area contributed by atoms with Crippen molar-refractivity contribution in [1.29, 1.82) is 0 Å². The molecule has 0 radical (unpaired) electrons. The van der Waals surface area contributed by atoms with Gasteiger partial charge in [-0.2, -0.15) is 0 Å². The maximum absolute atomic E-state index is 13.1. The number of hydrogen-bond donors (Lipinski definition) is 1. The molecule has 0 saturated heterocycles. The van der Waals surface area contributed by atoms with E-state index in [0.29, 0.717) is 29.9 Å². The molecule has 6 heteroatoms. The van der Waals surface area contributed by atoms with Gasteiger partial charge in [0.25, 0.3) is 5.91 Å². The van der Waals surface area contributed by atoms with Crippen LogP contribution in [-0.4, -0.2) is 55.3 Å². The molecule has 1 aromatic rings. The summed E-state index contributed by atoms with van der Waals surface area (Å²) in [7, 11) is 4.27. The van der Waals surface area contributed by atoms with Crippen LogP contribution in [0.15, 0.2) is 42.0 Å². The molecule has 10 atom stereocenters. The summed E-state index contributed by atoms with van der Waals surface area (Å²) < 4.78 is 6.10. The first-order chi connectivity index (χ1) is 19.4. The van der Waals surface area contributed by atoms with Gasteiger partial charge in [-0.05, 0) is 107 Å². The molecule has 0 bridgehead atoms. The molecule has 3 saturated carbocycles. The lowest BCUT2D eigenvalue weighted by Crippen LogP contribution is -2.53. The van der Waals surface area contributed by atoms with Crippen molar-refractivity contribution >= 4 is 18.2 Å². The Balaban J connectivity index is 1.43. The van der Waals surface area contributed by atoms with Crippen LogP contribution < -0.4 is 5.32 Å². The predicted octanol–water partition coefficient (Wildman–Crippen LogP) is 6.06. The lowest BCUT2D eigenvalue weighted by atomic mass is 9.48. The number of benzene rings is 1. The van der Waals surface area contributed by atoms with Crippen LogP contribution in [0.4, 0.5) is 0 Å². The second-order valence-corrected chi connectivity index (χ2v) is 14.5. The number of ether oxygens (including phenoxy) is 1. The molecule has 1 N–H and O–H groups in total. The number of rotatable bonds is 6. The number of nitrogens with one attached hydrogen (secondary N) is 1. The molecule has 0 heterocycles. The highest BCUT2D eigenvalue weighted by molar-refractivity contribution is 5.94. The molecule has 1 aromatic carbocycles. The van der Waals surface area contributed by atoms with Crippen molar-refractivity contribution < 1.29 is 19.1 Å². The molecular weight excluding hydrogens is 512 g/mol. The van der Waals surface area contributed by atoms with E-state index < -0.39 is 5.41 Å². The van der Waals surface area contributed by atoms with Crippen molar-refractivity contribution in [3.8, 4) is 0 Å². The molecule has 6 nitrogen and oxygen atoms in total. The van der Waals surface area contributed by atoms with Crippen LogP contribution in [0.2, 0.25) is 0 Å². The summed E-state index contributed by atoms with van der Waals surface area (Å²) in [6.07, 6.45) is 10.3. The number of allylic oxidation sites excluding steroid dienone is 1. The standard InChI is InChI=1S/C35H50N2O4/c1-22(37(6)7)31-29(41-23(2)39)20-35(5)28-15-14-27-25(19-26(28)17-18-34(31,35)4)13-16-30(33(27,3)21-38)36-32(40)24-11-9-8-10-12-24/h8-13,21-22,26-31H,14-20H2,1-7H3,(H,36,40). The highest BCUT2D eigenvalue weighted by Gasteiger charge is 2.67. The molecule has 1 amide bonds. The van der Waals surface area contributed by atoms with Crippen LogP contribution in [0.5, 0.6) is 0 Å². The summed E-state index contributed by atoms with van der Waals surface area (Å²) in [4.78, 5) is 40.5. The van der Waals surface area contributed by atoms with Gasteiger partial charge in [0.15, 0.2) is 0 Å². The van der Waals surface area contributed by atoms with Crippen LogP contribution in [0.1, 0.15) is 89.9 Å². The van der Waals surface area contributed by atoms with Crippen LogP contribution in [0, 0.1) is 39.9 Å². The van der Waals surface area contributed by atoms with Crippen molar-refractivity contribution in [1.82, 2.24) is 10.2 Å². The third-order valence-electron chi connectivity index (χ3n) is 12.6. The Labute approximate surface area is 246 Å². The van der Waals surface area contributed by atoms with Crippen LogP contribution in [0.25, 0.3) is 0 Å². The summed E-state index contributed by atoms with van der Waals surface area (Å²) in [5.74, 6) is 1.15. The summed E-state index contributed by atoms with van der Waals surface area (Å²) in [6.45, 7) is 10.8. The first-order valence-electron chi connectivity index (χ1n) is 15.7. The Morgan fingerprint density at radius 2 is 1.78 bits per heavy atom. The van der Waals surface area contributed by atoms with E-state index >= 15 is 0 Å². The Hall–Kier alpha value is -2.47. The van der Waals surface area contributed by atoms with E-state index in [-0.39, 0.29) is 46.7 Å². The second kappa shape index (κ2) is 11.0. The monoisotopic (exact) mass is 562 g/mol. The van der Waals surface area contributed by atoms with E-state index in [2.05, 4.69) is 58.1 Å². The van der Waals surface area contributed by atoms with E-state index in [1.54, 1.807) is 6.92 Å². The van der Waals surface area contributed by atoms with Crippen molar-refractivity contribution in [2.75, 3.05) is 14.1 Å². The molecule has 0 aromatic heterocycles. The summed E-state index contributed by atoms with van der Waals surface area (Å²) in [5, 5.41) is 3.23. The molecule has 4 aliphatic carbocycles. The maximum Gasteiger partial charge on any atom is 0.302 e. The number of nitrogens with zero attached hydrogens (tertiary/aromatic N) is 1. The number of hydrogen-bond acceptors (Lipinski definition) is 5. The molecule has 4 aliphatic rings. The smallest absolute Gasteiger partial charge is 0.302 e. The van der Waals surface area contributed by atoms with E-state index in [0.717, 1.165) is 44.8 Å². The minimum atomic E-state index is -0.649. The largest absolute Gasteiger partial charge is 0.462 e. The van der Waals surface area contributed by atoms with Crippen molar-refractivity contribution in [3.05, 3.63) is 47.5 Å². The number of fused-ring (bicyclic) bond motifs is 4. The molecule has 5 rings (SSSR count). The fraction of sp³-hybridized carbons (Fsp3) is 0.686. The number of esters is 1. The Bertz CT molecular complexity index is 1200. The van der Waals surface area contributed by atoms with Crippen molar-refractivity contribution in [2.24, 2.45) is 39.9 Å². The molecule has 224 valence electrons. The Morgan fingerprint density at radius 1 is 1.07 bits per heavy atom. The van der Waals surface area contributed by atoms with Gasteiger partial charge in [-0.3, -0.25) is 9.59 Å². The topological polar surface area (TPSA) is 75.7 Å². The lowest BCUT2D eigenvalue weighted by Gasteiger charge is -2.56. The fourth-order valence-corrected chi connectivity index (χ4v) is 9.98. The van der Waals surface area contributed by atoms with Gasteiger partial charge in [-0.15, -0.1) is 0 Å². The van der Waals surface area contributed by atoms with Gasteiger partial charge in [-0.1, -0.05) is 50.6 Å². The average molecular weight is 563 g/mol. The fourth-order valence-electron chi connectivity index (χ4n) is 9.98.